The largest absolute Gasteiger partial charge is 0.507 e. The maximum atomic E-state index is 14.5. The molecule has 0 saturated heterocycles. The van der Waals surface area contributed by atoms with Crippen molar-refractivity contribution in [2.45, 2.75) is 64.2 Å². The Kier molecular flexibility index (Phi) is 26.4. The first kappa shape index (κ1) is 86.9. The lowest BCUT2D eigenvalue weighted by atomic mass is 9.95. The van der Waals surface area contributed by atoms with E-state index in [4.69, 9.17) is 33.6 Å². The lowest BCUT2D eigenvalue weighted by Gasteiger charge is -2.20. The van der Waals surface area contributed by atoms with Crippen LogP contribution in [0.1, 0.15) is 59.9 Å². The molecule has 23 rings (SSSR count). The van der Waals surface area contributed by atoms with Gasteiger partial charge in [0.15, 0.2) is 12.2 Å². The number of anilines is 6. The first-order valence-corrected chi connectivity index (χ1v) is 42.7. The van der Waals surface area contributed by atoms with Crippen molar-refractivity contribution >= 4 is 125 Å². The number of carbonyl (C=O) groups excluding carboxylic acids is 4. The van der Waals surface area contributed by atoms with Gasteiger partial charge in [-0.15, -0.1) is 0 Å². The van der Waals surface area contributed by atoms with Crippen LogP contribution in [-0.4, -0.2) is 85.2 Å². The maximum Gasteiger partial charge on any atom is 0.417 e. The fourth-order valence-electron chi connectivity index (χ4n) is 15.8. The zero-order chi connectivity index (χ0) is 90.4. The summed E-state index contributed by atoms with van der Waals surface area (Å²) >= 11 is 10.2. The summed E-state index contributed by atoms with van der Waals surface area (Å²) in [6.07, 6.45) is 30.7. The first-order valence-electron chi connectivity index (χ1n) is 41.8. The number of rotatable bonds is 7. The lowest BCUT2D eigenvalue weighted by molar-refractivity contribution is -0.119. The van der Waals surface area contributed by atoms with E-state index in [-0.39, 0.29) is 53.4 Å². The molecule has 0 fully saturated rings. The number of carbonyl (C=O) groups is 4. The van der Waals surface area contributed by atoms with Gasteiger partial charge in [-0.2, -0.15) is 0 Å². The minimum atomic E-state index is -0.432. The van der Waals surface area contributed by atoms with E-state index >= 15 is 0 Å². The number of ether oxygens (including phenoxy) is 1. The van der Waals surface area contributed by atoms with Crippen LogP contribution in [0.3, 0.4) is 0 Å². The molecule has 8 aromatic heterocycles. The molecule has 648 valence electrons. The number of H-pyrrole nitrogens is 1. The predicted molar refractivity (Wildman–Crippen MR) is 509 cm³/mol. The van der Waals surface area contributed by atoms with E-state index in [1.54, 1.807) is 92.8 Å². The zero-order valence-corrected chi connectivity index (χ0v) is 71.4. The topological polar surface area (TPSA) is 306 Å². The van der Waals surface area contributed by atoms with E-state index in [2.05, 4.69) is 71.8 Å². The molecule has 0 saturated carbocycles. The Morgan fingerprint density at radius 1 is 0.313 bits per heavy atom. The van der Waals surface area contributed by atoms with Crippen LogP contribution in [0.5, 0.6) is 11.5 Å². The van der Waals surface area contributed by atoms with E-state index in [9.17, 15) is 46.6 Å². The van der Waals surface area contributed by atoms with Crippen molar-refractivity contribution in [2.75, 3.05) is 38.5 Å². The van der Waals surface area contributed by atoms with E-state index in [0.717, 1.165) is 152 Å². The number of hydrogen-bond donors (Lipinski definition) is 8. The number of thiocarbonyl (C=S) groups is 2. The van der Waals surface area contributed by atoms with E-state index in [1.165, 1.54) is 24.3 Å². The van der Waals surface area contributed by atoms with Gasteiger partial charge in [0.2, 0.25) is 17.7 Å². The number of aromatic nitrogens is 8. The van der Waals surface area contributed by atoms with Crippen molar-refractivity contribution in [1.82, 2.24) is 39.9 Å². The Balaban J connectivity index is 0.000000107. The minimum absolute atomic E-state index is 0.00368. The third-order valence-corrected chi connectivity index (χ3v) is 22.9. The van der Waals surface area contributed by atoms with Crippen LogP contribution in [0.25, 0.3) is 111 Å². The molecular weight excluding hydrogens is 1700 g/mol. The second kappa shape index (κ2) is 39.8. The summed E-state index contributed by atoms with van der Waals surface area (Å²) in [5.74, 6) is -1.15. The Bertz CT molecular complexity index is 7190. The van der Waals surface area contributed by atoms with Gasteiger partial charge >= 0.3 is 5.76 Å². The number of halogens is 4. The Labute approximate surface area is 757 Å². The number of nitrogens with one attached hydrogen (secondary N) is 7. The number of amides is 4. The van der Waals surface area contributed by atoms with Crippen molar-refractivity contribution in [2.24, 2.45) is 0 Å². The number of phenols is 1. The summed E-state index contributed by atoms with van der Waals surface area (Å²) in [5, 5.41) is 30.9. The molecule has 14 heterocycles. The molecular formula is C103H78F4N14O8S2. The predicted octanol–water partition coefficient (Wildman–Crippen LogP) is 21.6. The number of hydrogen-bond acceptors (Lipinski definition) is 17. The molecule has 6 aliphatic rings. The summed E-state index contributed by atoms with van der Waals surface area (Å²) in [5.41, 5.74) is 21.6. The number of pyridine rings is 7. The van der Waals surface area contributed by atoms with Crippen molar-refractivity contribution in [3.05, 3.63) is 355 Å². The molecule has 9 aromatic carbocycles. The highest BCUT2D eigenvalue weighted by Gasteiger charge is 2.26. The van der Waals surface area contributed by atoms with Crippen LogP contribution in [0, 0.1) is 23.3 Å². The molecule has 0 radical (unpaired) electrons. The lowest BCUT2D eigenvalue weighted by Crippen LogP contribution is -2.25. The highest BCUT2D eigenvalue weighted by atomic mass is 32.1. The SMILES string of the molecule is Fc1cc(-c2cccnc2)cc2c1NC(=S)CC2.Fc1cc2c(cc1-c1cccnc1)CCC(=S)N2.O=C1CCc2cc(-c3cccnc3)c(O)cc2N1.O=C1CCc2cc(-c3cncc4ccccc34)c(F)cc2N1.O=C1CCc2cc(-c3cncc4ccccc34)cc(F)c2N1.O=C1COc2cc(-c3cccnc3)ccc2N1.O=c1[nH]c2ccc(-c3cccnc3)cc2o1. The van der Waals surface area contributed by atoms with Crippen molar-refractivity contribution < 1.29 is 51.0 Å². The Morgan fingerprint density at radius 3 is 1.37 bits per heavy atom. The van der Waals surface area contributed by atoms with Crippen LogP contribution in [-0.2, 0) is 51.3 Å². The molecule has 6 aliphatic heterocycles. The first-order chi connectivity index (χ1) is 63.8. The summed E-state index contributed by atoms with van der Waals surface area (Å²) in [6.45, 7) is 0.0729. The molecule has 17 aromatic rings. The Hall–Kier alpha value is -16.2. The minimum Gasteiger partial charge on any atom is -0.507 e. The molecule has 131 heavy (non-hydrogen) atoms. The highest BCUT2D eigenvalue weighted by molar-refractivity contribution is 7.80. The summed E-state index contributed by atoms with van der Waals surface area (Å²) in [4.78, 5) is 89.1. The normalized spacial score (nSPS) is 13.4. The van der Waals surface area contributed by atoms with Gasteiger partial charge in [0.1, 0.15) is 34.8 Å². The van der Waals surface area contributed by atoms with Gasteiger partial charge < -0.3 is 46.2 Å². The number of benzene rings is 9. The van der Waals surface area contributed by atoms with Crippen LogP contribution < -0.4 is 42.4 Å². The van der Waals surface area contributed by atoms with Crippen molar-refractivity contribution in [3.8, 4) is 89.4 Å². The standard InChI is InChI=1S/2C18H13FN2O.2C14H11FN2S.C14H12N2O2.C13H10N2O2.C12H8N2O2/c19-16-8-13(7-11-5-6-17(22)21-18(11)16)15-10-20-9-12-3-1-2-4-14(12)15;19-16-8-17-11(5-6-18(22)21-17)7-14(16)15-10-20-9-12-3-1-2-4-13(12)15;15-12-7-13-9(3-4-14(18)17-13)6-11(12)10-2-1-5-16-8-10;15-12-7-11(10-2-1-5-16-8-10)6-9-3-4-13(18)17-14(9)12;17-13-7-12-9(3-4-14(18)16-12)6-11(13)10-2-1-5-15-8-10;16-13-8-17-12-6-9(3-4-11(12)15-13)10-2-1-5-14-7-10;15-12-14-10-4-3-8(6-11(10)16-12)9-2-1-5-13-7-9/h2*1-4,7-10H,5-6H2,(H,21,22);2*1-2,5-8H,3-4H2,(H,17,18);1-2,5-8,17H,3-4H2,(H,16,18);1-7H,8H2,(H,15,16);1-7H,(H,14,15). The van der Waals surface area contributed by atoms with Gasteiger partial charge in [-0.3, -0.25) is 59.0 Å². The summed E-state index contributed by atoms with van der Waals surface area (Å²) in [6, 6.07) is 62.9. The molecule has 0 atom stereocenters. The van der Waals surface area contributed by atoms with Gasteiger partial charge in [0.05, 0.1) is 32.6 Å². The van der Waals surface area contributed by atoms with E-state index < -0.39 is 11.6 Å². The number of oxazole rings is 1. The second-order valence-corrected chi connectivity index (χ2v) is 32.0. The molecule has 22 nitrogen and oxygen atoms in total. The molecule has 0 spiro atoms. The molecule has 8 N–H and O–H groups in total. The van der Waals surface area contributed by atoms with Gasteiger partial charge in [-0.25, -0.2) is 22.4 Å². The molecule has 4 amide bonds. The van der Waals surface area contributed by atoms with Crippen molar-refractivity contribution in [1.29, 1.82) is 0 Å². The summed E-state index contributed by atoms with van der Waals surface area (Å²) < 4.78 is 67.4. The number of aromatic amines is 1. The third-order valence-electron chi connectivity index (χ3n) is 22.3. The van der Waals surface area contributed by atoms with Gasteiger partial charge in [-0.1, -0.05) is 115 Å². The second-order valence-electron chi connectivity index (χ2n) is 31.0. The number of nitrogens with zero attached hydrogens (tertiary/aromatic N) is 7. The Morgan fingerprint density at radius 2 is 0.763 bits per heavy atom. The van der Waals surface area contributed by atoms with Crippen LogP contribution in [0.4, 0.5) is 51.7 Å². The average Bonchev–Trinajstić information content (AvgIpc) is 1.50. The third kappa shape index (κ3) is 20.8. The zero-order valence-electron chi connectivity index (χ0n) is 69.8. The van der Waals surface area contributed by atoms with Gasteiger partial charge in [0.25, 0.3) is 5.91 Å². The molecule has 0 unspecified atom stereocenters. The number of aryl methyl sites for hydroxylation is 5. The highest BCUT2D eigenvalue weighted by Crippen LogP contribution is 2.41. The molecule has 28 heteroatoms. The summed E-state index contributed by atoms with van der Waals surface area (Å²) in [7, 11) is 0. The smallest absolute Gasteiger partial charge is 0.417 e. The fraction of sp³-hybridized carbons (Fsp3) is 0.107. The number of aromatic hydroxyl groups is 1. The quantitative estimate of drug-likeness (QED) is 0.0543. The fourth-order valence-corrected chi connectivity index (χ4v) is 16.2. The maximum absolute atomic E-state index is 14.5. The number of phenolic OH excluding ortho intramolecular Hbond substituents is 1. The monoisotopic (exact) mass is 1780 g/mol. The number of fused-ring (bicyclic) bond motifs is 9. The molecule has 0 bridgehead atoms. The van der Waals surface area contributed by atoms with Crippen LogP contribution in [0.15, 0.2) is 302 Å². The van der Waals surface area contributed by atoms with E-state index in [1.807, 2.05) is 176 Å². The van der Waals surface area contributed by atoms with Crippen molar-refractivity contribution in [3.63, 3.8) is 0 Å². The van der Waals surface area contributed by atoms with Crippen LogP contribution >= 0.6 is 24.4 Å². The van der Waals surface area contributed by atoms with E-state index in [0.29, 0.717) is 99.9 Å². The average molecular weight is 1780 g/mol. The van der Waals surface area contributed by atoms with Crippen LogP contribution in [0.2, 0.25) is 0 Å². The van der Waals surface area contributed by atoms with Gasteiger partial charge in [-0.05, 0) is 202 Å². The van der Waals surface area contributed by atoms with Gasteiger partial charge in [0, 0.05) is 208 Å². The molecule has 0 aliphatic carbocycles.